The van der Waals surface area contributed by atoms with Gasteiger partial charge in [-0.05, 0) is 43.0 Å². The Morgan fingerprint density at radius 2 is 0.577 bits per heavy atom. The SMILES string of the molecule is [V].c1ccc2c(c1)-c1ccccc1[Si]21c2ccccc2-c2ccccc21. The van der Waals surface area contributed by atoms with Gasteiger partial charge in [-0.15, -0.1) is 0 Å². The predicted molar refractivity (Wildman–Crippen MR) is 108 cm³/mol. The van der Waals surface area contributed by atoms with Crippen LogP contribution in [0.2, 0.25) is 0 Å². The number of fused-ring (bicyclic) bond motifs is 10. The van der Waals surface area contributed by atoms with Crippen molar-refractivity contribution in [3.8, 4) is 22.3 Å². The fourth-order valence-electron chi connectivity index (χ4n) is 5.05. The van der Waals surface area contributed by atoms with Crippen LogP contribution in [0.15, 0.2) is 97.1 Å². The summed E-state index contributed by atoms with van der Waals surface area (Å²) in [6, 6.07) is 36.3. The Labute approximate surface area is 166 Å². The Morgan fingerprint density at radius 3 is 0.846 bits per heavy atom. The van der Waals surface area contributed by atoms with Crippen LogP contribution < -0.4 is 20.7 Å². The fraction of sp³-hybridized carbons (Fsp3) is 0. The Hall–Kier alpha value is -2.32. The first-order chi connectivity index (χ1) is 12.4. The molecule has 0 amide bonds. The van der Waals surface area contributed by atoms with Crippen molar-refractivity contribution in [3.05, 3.63) is 97.1 Å². The molecule has 0 saturated carbocycles. The summed E-state index contributed by atoms with van der Waals surface area (Å²) in [6.45, 7) is 0. The van der Waals surface area contributed by atoms with E-state index in [-0.39, 0.29) is 18.6 Å². The summed E-state index contributed by atoms with van der Waals surface area (Å²) in [4.78, 5) is 0. The Kier molecular flexibility index (Phi) is 3.42. The molecule has 0 fully saturated rings. The molecule has 0 bridgehead atoms. The van der Waals surface area contributed by atoms with Crippen LogP contribution in [0.5, 0.6) is 0 Å². The van der Waals surface area contributed by atoms with Gasteiger partial charge in [0.15, 0.2) is 8.07 Å². The van der Waals surface area contributed by atoms with Crippen LogP contribution in [-0.4, -0.2) is 8.07 Å². The van der Waals surface area contributed by atoms with E-state index in [1.165, 1.54) is 22.3 Å². The van der Waals surface area contributed by atoms with E-state index in [1.807, 2.05) is 0 Å². The van der Waals surface area contributed by atoms with Crippen LogP contribution in [0.25, 0.3) is 22.3 Å². The molecule has 1 spiro atoms. The molecule has 0 aliphatic carbocycles. The van der Waals surface area contributed by atoms with Crippen molar-refractivity contribution in [2.75, 3.05) is 0 Å². The molecule has 0 N–H and O–H groups in total. The summed E-state index contributed by atoms with van der Waals surface area (Å²) in [7, 11) is -2.15. The summed E-state index contributed by atoms with van der Waals surface area (Å²) >= 11 is 0. The van der Waals surface area contributed by atoms with Crippen molar-refractivity contribution in [1.29, 1.82) is 0 Å². The summed E-state index contributed by atoms with van der Waals surface area (Å²) in [5.74, 6) is 0. The maximum Gasteiger partial charge on any atom is 0.182 e. The molecule has 0 nitrogen and oxygen atoms in total. The summed E-state index contributed by atoms with van der Waals surface area (Å²) in [6.07, 6.45) is 0. The average molecular weight is 383 g/mol. The van der Waals surface area contributed by atoms with Crippen molar-refractivity contribution in [2.45, 2.75) is 0 Å². The van der Waals surface area contributed by atoms with Gasteiger partial charge in [-0.3, -0.25) is 0 Å². The molecular formula is C24H16SiV. The zero-order valence-corrected chi connectivity index (χ0v) is 16.6. The van der Waals surface area contributed by atoms with Gasteiger partial charge in [0.05, 0.1) is 0 Å². The van der Waals surface area contributed by atoms with E-state index >= 15 is 0 Å². The van der Waals surface area contributed by atoms with Crippen LogP contribution in [0.4, 0.5) is 0 Å². The number of benzene rings is 4. The molecule has 2 heteroatoms. The summed E-state index contributed by atoms with van der Waals surface area (Å²) in [5, 5.41) is 6.20. The average Bonchev–Trinajstić information content (AvgIpc) is 3.16. The molecule has 4 aromatic carbocycles. The Bertz CT molecular complexity index is 974. The molecular weight excluding hydrogens is 367 g/mol. The van der Waals surface area contributed by atoms with Crippen molar-refractivity contribution >= 4 is 28.8 Å². The van der Waals surface area contributed by atoms with Gasteiger partial charge in [0.2, 0.25) is 0 Å². The van der Waals surface area contributed by atoms with Gasteiger partial charge >= 0.3 is 0 Å². The third-order valence-corrected chi connectivity index (χ3v) is 10.9. The molecule has 26 heavy (non-hydrogen) atoms. The van der Waals surface area contributed by atoms with Gasteiger partial charge in [-0.25, -0.2) is 0 Å². The second-order valence-corrected chi connectivity index (χ2v) is 10.6. The van der Waals surface area contributed by atoms with E-state index in [2.05, 4.69) is 97.1 Å². The smallest absolute Gasteiger partial charge is 0.0623 e. The first-order valence-electron chi connectivity index (χ1n) is 8.81. The quantitative estimate of drug-likeness (QED) is 0.354. The Morgan fingerprint density at radius 1 is 0.346 bits per heavy atom. The number of rotatable bonds is 0. The van der Waals surface area contributed by atoms with E-state index in [9.17, 15) is 0 Å². The van der Waals surface area contributed by atoms with E-state index in [0.29, 0.717) is 0 Å². The van der Waals surface area contributed by atoms with Gasteiger partial charge in [0.25, 0.3) is 0 Å². The van der Waals surface area contributed by atoms with Crippen LogP contribution in [0.3, 0.4) is 0 Å². The molecule has 0 atom stereocenters. The third-order valence-electron chi connectivity index (χ3n) is 5.90. The molecule has 0 aromatic heterocycles. The second kappa shape index (κ2) is 5.59. The second-order valence-electron chi connectivity index (χ2n) is 6.93. The predicted octanol–water partition coefficient (Wildman–Crippen LogP) is 3.02. The molecule has 0 unspecified atom stereocenters. The van der Waals surface area contributed by atoms with Crippen molar-refractivity contribution in [2.24, 2.45) is 0 Å². The monoisotopic (exact) mass is 383 g/mol. The fourth-order valence-corrected chi connectivity index (χ4v) is 10.7. The normalized spacial score (nSPS) is 14.2. The maximum atomic E-state index is 2.38. The van der Waals surface area contributed by atoms with Crippen LogP contribution in [-0.2, 0) is 18.6 Å². The van der Waals surface area contributed by atoms with Gasteiger partial charge < -0.3 is 0 Å². The molecule has 2 heterocycles. The minimum atomic E-state index is -2.15. The Balaban J connectivity index is 0.00000150. The van der Waals surface area contributed by atoms with Gasteiger partial charge in [-0.1, -0.05) is 97.1 Å². The van der Waals surface area contributed by atoms with Crippen LogP contribution >= 0.6 is 0 Å². The molecule has 2 aliphatic rings. The maximum absolute atomic E-state index is 2.38. The third kappa shape index (κ3) is 1.71. The standard InChI is InChI=1S/C24H16Si.V/c1-5-13-21-17(9-1)18-10-2-6-14-22(18)25(21)23-15-7-3-11-19(23)20-12-4-8-16-24(20)25;/h1-16H;. The molecule has 4 aromatic rings. The largest absolute Gasteiger partial charge is 0.182 e. The van der Waals surface area contributed by atoms with Gasteiger partial charge in [0.1, 0.15) is 0 Å². The van der Waals surface area contributed by atoms with Crippen molar-refractivity contribution in [3.63, 3.8) is 0 Å². The zero-order chi connectivity index (χ0) is 16.4. The summed E-state index contributed by atoms with van der Waals surface area (Å²) in [5.41, 5.74) is 5.71. The first-order valence-corrected chi connectivity index (χ1v) is 10.8. The van der Waals surface area contributed by atoms with Crippen LogP contribution in [0, 0.1) is 0 Å². The molecule has 0 saturated heterocycles. The number of hydrogen-bond donors (Lipinski definition) is 0. The zero-order valence-electron chi connectivity index (χ0n) is 14.2. The molecule has 2 aliphatic heterocycles. The van der Waals surface area contributed by atoms with Crippen LogP contribution in [0.1, 0.15) is 0 Å². The topological polar surface area (TPSA) is 0 Å². The van der Waals surface area contributed by atoms with E-state index < -0.39 is 8.07 Å². The minimum absolute atomic E-state index is 0. The molecule has 121 valence electrons. The van der Waals surface area contributed by atoms with E-state index in [1.54, 1.807) is 20.7 Å². The van der Waals surface area contributed by atoms with Crippen molar-refractivity contribution in [1.82, 2.24) is 0 Å². The molecule has 1 radical (unpaired) electrons. The summed E-state index contributed by atoms with van der Waals surface area (Å²) < 4.78 is 0. The first kappa shape index (κ1) is 15.9. The van der Waals surface area contributed by atoms with Gasteiger partial charge in [0, 0.05) is 18.6 Å². The number of hydrogen-bond acceptors (Lipinski definition) is 0. The van der Waals surface area contributed by atoms with E-state index in [0.717, 1.165) is 0 Å². The molecule has 6 rings (SSSR count). The minimum Gasteiger partial charge on any atom is -0.0623 e. The van der Waals surface area contributed by atoms with Crippen molar-refractivity contribution < 1.29 is 18.6 Å². The van der Waals surface area contributed by atoms with E-state index in [4.69, 9.17) is 0 Å². The van der Waals surface area contributed by atoms with Gasteiger partial charge in [-0.2, -0.15) is 0 Å².